The lowest BCUT2D eigenvalue weighted by atomic mass is 9.55. The van der Waals surface area contributed by atoms with Crippen molar-refractivity contribution in [1.29, 1.82) is 0 Å². The second-order valence-electron chi connectivity index (χ2n) is 15.6. The van der Waals surface area contributed by atoms with Crippen LogP contribution in [0, 0.1) is 26.6 Å². The molecule has 0 saturated heterocycles. The Bertz CT molecular complexity index is 2090. The van der Waals surface area contributed by atoms with Crippen molar-refractivity contribution in [3.05, 3.63) is 118 Å². The van der Waals surface area contributed by atoms with E-state index in [-0.39, 0.29) is 16.8 Å². The Balaban J connectivity index is 1.48. The summed E-state index contributed by atoms with van der Waals surface area (Å²) in [6.07, 6.45) is 11.0. The molecule has 1 aliphatic carbocycles. The second-order valence-corrected chi connectivity index (χ2v) is 15.6. The Morgan fingerprint density at radius 1 is 0.771 bits per heavy atom. The van der Waals surface area contributed by atoms with Crippen LogP contribution in [0.5, 0.6) is 0 Å². The van der Waals surface area contributed by atoms with E-state index in [0.29, 0.717) is 0 Å². The molecule has 2 aromatic heterocycles. The second kappa shape index (κ2) is 11.6. The number of nitrogens with zero attached hydrogens (tertiary/aromatic N) is 2. The first kappa shape index (κ1) is 32.7. The molecule has 2 nitrogen and oxygen atoms in total. The summed E-state index contributed by atoms with van der Waals surface area (Å²) in [4.78, 5) is 0. The van der Waals surface area contributed by atoms with Crippen LogP contribution in [0.4, 0.5) is 4.39 Å². The fourth-order valence-corrected chi connectivity index (χ4v) is 9.75. The first-order valence-electron chi connectivity index (χ1n) is 18.4. The molecule has 0 saturated carbocycles. The topological polar surface area (TPSA) is 7.76 Å². The summed E-state index contributed by atoms with van der Waals surface area (Å²) in [5.41, 5.74) is 12.8. The molecule has 0 fully saturated rings. The lowest BCUT2D eigenvalue weighted by Crippen LogP contribution is -2.69. The molecule has 3 heterocycles. The van der Waals surface area contributed by atoms with Gasteiger partial charge in [-0.15, -0.1) is 0 Å². The molecule has 0 radical (unpaired) electrons. The van der Waals surface area contributed by atoms with E-state index < -0.39 is 5.41 Å². The molecule has 3 heteroatoms. The first-order valence-corrected chi connectivity index (χ1v) is 18.4. The summed E-state index contributed by atoms with van der Waals surface area (Å²) in [6.45, 7) is 21.4. The lowest BCUT2D eigenvalue weighted by Gasteiger charge is -2.50. The van der Waals surface area contributed by atoms with Crippen molar-refractivity contribution in [3.8, 4) is 22.5 Å². The Kier molecular flexibility index (Phi) is 7.93. The van der Waals surface area contributed by atoms with E-state index in [1.54, 1.807) is 6.07 Å². The highest BCUT2D eigenvalue weighted by atomic mass is 19.1. The van der Waals surface area contributed by atoms with Crippen molar-refractivity contribution in [1.82, 2.24) is 0 Å². The Labute approximate surface area is 287 Å². The van der Waals surface area contributed by atoms with Crippen molar-refractivity contribution < 1.29 is 13.5 Å². The Hall–Kier alpha value is -3.85. The lowest BCUT2D eigenvalue weighted by molar-refractivity contribution is -0.767. The molecule has 2 unspecified atom stereocenters. The van der Waals surface area contributed by atoms with Gasteiger partial charge in [-0.2, -0.15) is 9.13 Å². The molecule has 248 valence electrons. The number of pyridine rings is 2. The van der Waals surface area contributed by atoms with Crippen molar-refractivity contribution in [2.24, 2.45) is 0 Å². The zero-order valence-electron chi connectivity index (χ0n) is 30.7. The third-order valence-electron chi connectivity index (χ3n) is 12.7. The fourth-order valence-electron chi connectivity index (χ4n) is 9.75. The maximum absolute atomic E-state index is 16.4. The van der Waals surface area contributed by atoms with Gasteiger partial charge in [-0.25, -0.2) is 4.39 Å². The third kappa shape index (κ3) is 4.49. The van der Waals surface area contributed by atoms with E-state index in [1.807, 2.05) is 0 Å². The van der Waals surface area contributed by atoms with Gasteiger partial charge < -0.3 is 0 Å². The van der Waals surface area contributed by atoms with Gasteiger partial charge >= 0.3 is 0 Å². The number of aryl methyl sites for hydroxylation is 5. The maximum atomic E-state index is 16.4. The summed E-state index contributed by atoms with van der Waals surface area (Å²) >= 11 is 0. The monoisotopic (exact) mass is 640 g/mol. The molecular formula is C45H53FN2+2. The molecule has 1 aliphatic heterocycles. The molecule has 0 bridgehead atoms. The highest BCUT2D eigenvalue weighted by molar-refractivity contribution is 6.02. The number of unbranched alkanes of at least 4 members (excludes halogenated alkanes) is 1. The zero-order chi connectivity index (χ0) is 34.2. The van der Waals surface area contributed by atoms with Crippen LogP contribution < -0.4 is 9.13 Å². The molecule has 0 spiro atoms. The van der Waals surface area contributed by atoms with Crippen LogP contribution in [0.15, 0.2) is 73.1 Å². The summed E-state index contributed by atoms with van der Waals surface area (Å²) in [5.74, 6) is -0.0850. The van der Waals surface area contributed by atoms with Gasteiger partial charge in [0.05, 0.1) is 16.4 Å². The van der Waals surface area contributed by atoms with E-state index in [2.05, 4.69) is 138 Å². The molecule has 0 N–H and O–H groups in total. The summed E-state index contributed by atoms with van der Waals surface area (Å²) in [5, 5.41) is 2.68. The van der Waals surface area contributed by atoms with E-state index in [9.17, 15) is 0 Å². The van der Waals surface area contributed by atoms with Crippen LogP contribution in [0.3, 0.4) is 0 Å². The molecule has 7 rings (SSSR count). The summed E-state index contributed by atoms with van der Waals surface area (Å²) < 4.78 is 21.5. The van der Waals surface area contributed by atoms with Crippen LogP contribution in [0.25, 0.3) is 33.3 Å². The van der Waals surface area contributed by atoms with Crippen molar-refractivity contribution in [3.63, 3.8) is 0 Å². The van der Waals surface area contributed by atoms with Crippen LogP contribution in [0.2, 0.25) is 0 Å². The minimum Gasteiger partial charge on any atom is -0.207 e. The van der Waals surface area contributed by atoms with Gasteiger partial charge in [0.15, 0.2) is 17.9 Å². The predicted octanol–water partition coefficient (Wildman–Crippen LogP) is 10.7. The minimum atomic E-state index is -0.454. The molecule has 2 aliphatic rings. The third-order valence-corrected chi connectivity index (χ3v) is 12.7. The van der Waals surface area contributed by atoms with Gasteiger partial charge in [0, 0.05) is 54.5 Å². The summed E-state index contributed by atoms with van der Waals surface area (Å²) in [7, 11) is 0. The normalized spacial score (nSPS) is 20.4. The van der Waals surface area contributed by atoms with Crippen molar-refractivity contribution in [2.45, 2.75) is 124 Å². The van der Waals surface area contributed by atoms with Crippen LogP contribution in [0.1, 0.15) is 113 Å². The minimum absolute atomic E-state index is 0.0850. The number of hydrogen-bond acceptors (Lipinski definition) is 0. The SMILES string of the molecule is CCCCc1ccc2c3c4[n+](ccc13)C(C)(CC)C(CC)(CC[n+]1ccc(C)cc1-c1cc(C)ccc1C)c1ccc(F)c(c1-4)C2(C)C. The van der Waals surface area contributed by atoms with E-state index >= 15 is 4.39 Å². The highest BCUT2D eigenvalue weighted by Crippen LogP contribution is 2.59. The van der Waals surface area contributed by atoms with Gasteiger partial charge in [0.25, 0.3) is 0 Å². The van der Waals surface area contributed by atoms with E-state index in [4.69, 9.17) is 0 Å². The number of hydrogen-bond donors (Lipinski definition) is 0. The number of rotatable bonds is 9. The maximum Gasteiger partial charge on any atom is 0.221 e. The number of halogens is 1. The predicted molar refractivity (Wildman–Crippen MR) is 197 cm³/mol. The van der Waals surface area contributed by atoms with Gasteiger partial charge in [-0.3, -0.25) is 0 Å². The smallest absolute Gasteiger partial charge is 0.207 e. The molecule has 0 amide bonds. The van der Waals surface area contributed by atoms with Crippen LogP contribution >= 0.6 is 0 Å². The number of aromatic nitrogens is 2. The Morgan fingerprint density at radius 3 is 2.25 bits per heavy atom. The standard InChI is InChI=1S/C45H53FN2/c1-10-13-14-32-17-18-35-39-33(32)22-25-48-42(39)40-36(19-20-37(46)41(40)43(35,7)8)45(12-3,44(48,9)11-2)23-26-47-24-21-30(5)28-38(47)34-27-29(4)15-16-31(34)6/h15-22,24-25,27-28H,10-14,23,26H2,1-9H3/q+2. The fraction of sp³-hybridized carbons (Fsp3) is 0.422. The number of benzene rings is 3. The van der Waals surface area contributed by atoms with E-state index in [0.717, 1.165) is 43.4 Å². The largest absolute Gasteiger partial charge is 0.221 e. The average Bonchev–Trinajstić information content (AvgIpc) is 3.07. The van der Waals surface area contributed by atoms with Crippen molar-refractivity contribution in [2.75, 3.05) is 0 Å². The van der Waals surface area contributed by atoms with Gasteiger partial charge in [-0.1, -0.05) is 76.9 Å². The highest BCUT2D eigenvalue weighted by Gasteiger charge is 2.61. The van der Waals surface area contributed by atoms with Gasteiger partial charge in [0.2, 0.25) is 11.4 Å². The molecule has 5 aromatic rings. The average molecular weight is 641 g/mol. The Morgan fingerprint density at radius 2 is 1.52 bits per heavy atom. The van der Waals surface area contributed by atoms with Gasteiger partial charge in [0.1, 0.15) is 12.4 Å². The molecule has 3 aromatic carbocycles. The van der Waals surface area contributed by atoms with Crippen molar-refractivity contribution >= 4 is 10.8 Å². The van der Waals surface area contributed by atoms with Gasteiger partial charge in [-0.05, 0) is 85.4 Å². The molecular weight excluding hydrogens is 588 g/mol. The van der Waals surface area contributed by atoms with Crippen LogP contribution in [-0.2, 0) is 29.3 Å². The summed E-state index contributed by atoms with van der Waals surface area (Å²) in [6, 6.07) is 22.3. The first-order chi connectivity index (χ1) is 22.9. The van der Waals surface area contributed by atoms with Crippen LogP contribution in [-0.4, -0.2) is 0 Å². The zero-order valence-corrected chi connectivity index (χ0v) is 30.7. The molecule has 48 heavy (non-hydrogen) atoms. The molecule has 2 atom stereocenters. The quantitative estimate of drug-likeness (QED) is 0.142. The van der Waals surface area contributed by atoms with E-state index in [1.165, 1.54) is 73.9 Å².